The van der Waals surface area contributed by atoms with Gasteiger partial charge in [0, 0.05) is 18.4 Å². The molecule has 4 rings (SSSR count). The molecule has 0 radical (unpaired) electrons. The van der Waals surface area contributed by atoms with E-state index in [2.05, 4.69) is 15.3 Å². The zero-order chi connectivity index (χ0) is 12.1. The Kier molecular flexibility index (Phi) is 2.04. The lowest BCUT2D eigenvalue weighted by Gasteiger charge is -2.23. The first-order valence-electron chi connectivity index (χ1n) is 6.65. The molecule has 0 saturated heterocycles. The number of fused-ring (bicyclic) bond motifs is 3. The number of imidazole rings is 1. The van der Waals surface area contributed by atoms with Gasteiger partial charge in [0.25, 0.3) is 0 Å². The molecule has 0 aliphatic heterocycles. The summed E-state index contributed by atoms with van der Waals surface area (Å²) in [4.78, 5) is 8.75. The summed E-state index contributed by atoms with van der Waals surface area (Å²) in [7, 11) is 0. The molecular weight excluding hydrogens is 226 g/mol. The summed E-state index contributed by atoms with van der Waals surface area (Å²) in [5, 5.41) is 3.57. The number of hydrogen-bond acceptors (Lipinski definition) is 4. The van der Waals surface area contributed by atoms with Crippen LogP contribution in [0.25, 0.3) is 5.65 Å². The van der Waals surface area contributed by atoms with Crippen molar-refractivity contribution in [2.45, 2.75) is 31.7 Å². The van der Waals surface area contributed by atoms with E-state index in [0.29, 0.717) is 11.9 Å². The topological polar surface area (TPSA) is 68.2 Å². The summed E-state index contributed by atoms with van der Waals surface area (Å²) in [6.45, 7) is 0. The number of nitrogen functional groups attached to an aromatic ring is 1. The van der Waals surface area contributed by atoms with Gasteiger partial charge in [0.1, 0.15) is 5.82 Å². The third kappa shape index (κ3) is 1.46. The highest BCUT2D eigenvalue weighted by molar-refractivity contribution is 5.65. The lowest BCUT2D eigenvalue weighted by atomic mass is 9.95. The van der Waals surface area contributed by atoms with Gasteiger partial charge in [0.2, 0.25) is 0 Å². The minimum atomic E-state index is 0.533. The third-order valence-electron chi connectivity index (χ3n) is 4.45. The Morgan fingerprint density at radius 1 is 1.33 bits per heavy atom. The second-order valence-corrected chi connectivity index (χ2v) is 5.60. The Hall–Kier alpha value is -1.78. The molecule has 0 amide bonds. The van der Waals surface area contributed by atoms with E-state index in [1.54, 1.807) is 12.4 Å². The van der Waals surface area contributed by atoms with Crippen LogP contribution in [0.15, 0.2) is 18.6 Å². The van der Waals surface area contributed by atoms with Crippen LogP contribution in [-0.2, 0) is 0 Å². The Bertz CT molecular complexity index is 590. The smallest absolute Gasteiger partial charge is 0.180 e. The van der Waals surface area contributed by atoms with E-state index >= 15 is 0 Å². The molecule has 2 aromatic heterocycles. The average Bonchev–Trinajstić information content (AvgIpc) is 3.02. The van der Waals surface area contributed by atoms with E-state index in [0.717, 1.165) is 23.3 Å². The second-order valence-electron chi connectivity index (χ2n) is 5.60. The number of rotatable bonds is 2. The van der Waals surface area contributed by atoms with Crippen molar-refractivity contribution in [3.63, 3.8) is 0 Å². The van der Waals surface area contributed by atoms with Crippen LogP contribution in [0.3, 0.4) is 0 Å². The first-order valence-corrected chi connectivity index (χ1v) is 6.65. The summed E-state index contributed by atoms with van der Waals surface area (Å²) in [6, 6.07) is 0.554. The van der Waals surface area contributed by atoms with Crippen LogP contribution in [0.1, 0.15) is 25.7 Å². The molecule has 2 aliphatic rings. The number of nitrogens with two attached hydrogens (primary N) is 1. The van der Waals surface area contributed by atoms with Crippen LogP contribution < -0.4 is 11.1 Å². The van der Waals surface area contributed by atoms with Gasteiger partial charge >= 0.3 is 0 Å². The van der Waals surface area contributed by atoms with Crippen LogP contribution in [0.4, 0.5) is 11.6 Å². The molecule has 2 heterocycles. The molecule has 0 spiro atoms. The van der Waals surface area contributed by atoms with Crippen molar-refractivity contribution in [2.75, 3.05) is 11.1 Å². The summed E-state index contributed by atoms with van der Waals surface area (Å²) in [5.41, 5.74) is 6.70. The molecule has 2 aromatic rings. The maximum Gasteiger partial charge on any atom is 0.180 e. The molecule has 2 saturated carbocycles. The van der Waals surface area contributed by atoms with Crippen LogP contribution in [-0.4, -0.2) is 20.4 Å². The fraction of sp³-hybridized carbons (Fsp3) is 0.538. The van der Waals surface area contributed by atoms with Gasteiger partial charge in [-0.2, -0.15) is 0 Å². The minimum Gasteiger partial charge on any atom is -0.382 e. The maximum atomic E-state index is 5.83. The van der Waals surface area contributed by atoms with Gasteiger partial charge < -0.3 is 15.5 Å². The number of hydrogen-bond donors (Lipinski definition) is 2. The molecular formula is C13H17N5. The summed E-state index contributed by atoms with van der Waals surface area (Å²) < 4.78 is 1.93. The minimum absolute atomic E-state index is 0.533. The van der Waals surface area contributed by atoms with E-state index in [9.17, 15) is 0 Å². The molecule has 94 valence electrons. The van der Waals surface area contributed by atoms with Crippen molar-refractivity contribution < 1.29 is 0 Å². The highest BCUT2D eigenvalue weighted by atomic mass is 15.1. The number of anilines is 2. The van der Waals surface area contributed by atoms with E-state index in [1.807, 2.05) is 10.6 Å². The quantitative estimate of drug-likeness (QED) is 0.845. The second kappa shape index (κ2) is 3.60. The first kappa shape index (κ1) is 10.2. The lowest BCUT2D eigenvalue weighted by Crippen LogP contribution is -2.26. The zero-order valence-corrected chi connectivity index (χ0v) is 10.2. The Labute approximate surface area is 105 Å². The first-order chi connectivity index (χ1) is 8.79. The van der Waals surface area contributed by atoms with Gasteiger partial charge in [-0.05, 0) is 31.1 Å². The third-order valence-corrected chi connectivity index (χ3v) is 4.45. The Balaban J connectivity index is 1.68. The van der Waals surface area contributed by atoms with Crippen molar-refractivity contribution in [3.8, 4) is 0 Å². The van der Waals surface area contributed by atoms with Gasteiger partial charge in [-0.15, -0.1) is 0 Å². The highest BCUT2D eigenvalue weighted by Gasteiger charge is 2.39. The average molecular weight is 243 g/mol. The Morgan fingerprint density at radius 2 is 2.28 bits per heavy atom. The number of nitrogens with one attached hydrogen (secondary N) is 1. The normalized spacial score (nSPS) is 30.1. The lowest BCUT2D eigenvalue weighted by molar-refractivity contribution is 0.439. The number of aromatic nitrogens is 3. The highest BCUT2D eigenvalue weighted by Crippen LogP contribution is 2.45. The van der Waals surface area contributed by atoms with Crippen LogP contribution in [0.5, 0.6) is 0 Å². The fourth-order valence-electron chi connectivity index (χ4n) is 3.65. The van der Waals surface area contributed by atoms with E-state index in [1.165, 1.54) is 25.7 Å². The van der Waals surface area contributed by atoms with Crippen molar-refractivity contribution >= 4 is 17.3 Å². The predicted octanol–water partition coefficient (Wildman–Crippen LogP) is 1.91. The molecule has 5 nitrogen and oxygen atoms in total. The molecule has 2 bridgehead atoms. The Morgan fingerprint density at radius 3 is 3.06 bits per heavy atom. The van der Waals surface area contributed by atoms with Crippen molar-refractivity contribution in [2.24, 2.45) is 11.8 Å². The standard InChI is InChI=1S/C13H17N5/c14-11-7-18-4-3-15-13(18)12(17-11)16-10-6-8-1-2-9(10)5-8/h3-4,7-10H,1-2,5-6,14H2,(H,16,17). The van der Waals surface area contributed by atoms with Gasteiger partial charge in [-0.3, -0.25) is 0 Å². The monoisotopic (exact) mass is 243 g/mol. The van der Waals surface area contributed by atoms with E-state index in [4.69, 9.17) is 5.73 Å². The van der Waals surface area contributed by atoms with Gasteiger partial charge in [-0.1, -0.05) is 6.42 Å². The molecule has 3 N–H and O–H groups in total. The summed E-state index contributed by atoms with van der Waals surface area (Å²) in [5.74, 6) is 3.10. The molecule has 3 atom stereocenters. The van der Waals surface area contributed by atoms with Crippen molar-refractivity contribution in [1.82, 2.24) is 14.4 Å². The molecule has 18 heavy (non-hydrogen) atoms. The van der Waals surface area contributed by atoms with Gasteiger partial charge in [-0.25, -0.2) is 9.97 Å². The van der Waals surface area contributed by atoms with E-state index in [-0.39, 0.29) is 0 Å². The fourth-order valence-corrected chi connectivity index (χ4v) is 3.65. The molecule has 2 fully saturated rings. The molecule has 0 aromatic carbocycles. The maximum absolute atomic E-state index is 5.83. The molecule has 2 aliphatic carbocycles. The van der Waals surface area contributed by atoms with Gasteiger partial charge in [0.05, 0.1) is 6.20 Å². The van der Waals surface area contributed by atoms with E-state index < -0.39 is 0 Å². The SMILES string of the molecule is Nc1cn2ccnc2c(NC2CC3CCC2C3)n1. The van der Waals surface area contributed by atoms with Crippen molar-refractivity contribution in [1.29, 1.82) is 0 Å². The molecule has 3 unspecified atom stereocenters. The van der Waals surface area contributed by atoms with Gasteiger partial charge in [0.15, 0.2) is 11.5 Å². The summed E-state index contributed by atoms with van der Waals surface area (Å²) in [6.07, 6.45) is 10.9. The molecule has 5 heteroatoms. The predicted molar refractivity (Wildman–Crippen MR) is 70.3 cm³/mol. The van der Waals surface area contributed by atoms with Crippen LogP contribution >= 0.6 is 0 Å². The number of nitrogens with zero attached hydrogens (tertiary/aromatic N) is 3. The van der Waals surface area contributed by atoms with Crippen LogP contribution in [0.2, 0.25) is 0 Å². The van der Waals surface area contributed by atoms with Crippen LogP contribution in [0, 0.1) is 11.8 Å². The summed E-state index contributed by atoms with van der Waals surface area (Å²) >= 11 is 0. The largest absolute Gasteiger partial charge is 0.382 e. The van der Waals surface area contributed by atoms with Crippen molar-refractivity contribution in [3.05, 3.63) is 18.6 Å². The zero-order valence-electron chi connectivity index (χ0n) is 10.2.